The largest absolute Gasteiger partial charge is 0.309 e. The maximum atomic E-state index is 5.33. The lowest BCUT2D eigenvalue weighted by Crippen LogP contribution is -1.93. The minimum absolute atomic E-state index is 0.856. The molecule has 0 bridgehead atoms. The van der Waals surface area contributed by atoms with Crippen molar-refractivity contribution in [3.05, 3.63) is 261 Å². The third-order valence-corrected chi connectivity index (χ3v) is 15.2. The predicted molar refractivity (Wildman–Crippen MR) is 309 cm³/mol. The van der Waals surface area contributed by atoms with E-state index in [4.69, 9.17) is 9.97 Å². The van der Waals surface area contributed by atoms with Gasteiger partial charge in [-0.05, 0) is 124 Å². The average Bonchev–Trinajstić information content (AvgIpc) is 3.80. The van der Waals surface area contributed by atoms with Crippen LogP contribution in [0, 0.1) is 0 Å². The fraction of sp³-hybridized carbons (Fsp3) is 0. The molecule has 73 heavy (non-hydrogen) atoms. The molecule has 13 aromatic carbocycles. The Morgan fingerprint density at radius 2 is 0.658 bits per heavy atom. The highest BCUT2D eigenvalue weighted by atomic mass is 15.0. The second kappa shape index (κ2) is 16.4. The van der Waals surface area contributed by atoms with Gasteiger partial charge in [0.2, 0.25) is 0 Å². The molecule has 0 aliphatic heterocycles. The monoisotopic (exact) mass is 925 g/mol. The third kappa shape index (κ3) is 6.46. The first kappa shape index (κ1) is 41.1. The smallest absolute Gasteiger partial charge is 0.0979 e. The summed E-state index contributed by atoms with van der Waals surface area (Å²) in [7, 11) is 0. The summed E-state index contributed by atoms with van der Waals surface area (Å²) in [5.74, 6) is 0. The molecule has 0 saturated heterocycles. The summed E-state index contributed by atoms with van der Waals surface area (Å²) in [6.07, 6.45) is 1.93. The minimum atomic E-state index is 0.856. The van der Waals surface area contributed by atoms with Gasteiger partial charge in [0, 0.05) is 32.8 Å². The van der Waals surface area contributed by atoms with E-state index in [1.807, 2.05) is 6.20 Å². The molecule has 0 N–H and O–H groups in total. The zero-order valence-corrected chi connectivity index (χ0v) is 39.7. The van der Waals surface area contributed by atoms with E-state index in [-0.39, 0.29) is 0 Å². The summed E-state index contributed by atoms with van der Waals surface area (Å²) in [5, 5.41) is 14.5. The highest BCUT2D eigenvalue weighted by Gasteiger charge is 2.18. The van der Waals surface area contributed by atoms with Crippen LogP contribution >= 0.6 is 0 Å². The van der Waals surface area contributed by atoms with Crippen molar-refractivity contribution in [1.82, 2.24) is 14.5 Å². The highest BCUT2D eigenvalue weighted by Crippen LogP contribution is 2.44. The number of benzene rings is 13. The number of hydrogen-bond donors (Lipinski definition) is 0. The number of para-hydroxylation sites is 2. The fourth-order valence-corrected chi connectivity index (χ4v) is 12.0. The van der Waals surface area contributed by atoms with E-state index in [0.29, 0.717) is 0 Å². The van der Waals surface area contributed by atoms with Crippen LogP contribution in [-0.2, 0) is 0 Å². The van der Waals surface area contributed by atoms with Crippen LogP contribution in [0.2, 0.25) is 0 Å². The lowest BCUT2D eigenvalue weighted by atomic mass is 9.87. The average molecular weight is 926 g/mol. The summed E-state index contributed by atoms with van der Waals surface area (Å²) >= 11 is 0. The van der Waals surface area contributed by atoms with Gasteiger partial charge in [-0.1, -0.05) is 218 Å². The molecule has 15 rings (SSSR count). The maximum Gasteiger partial charge on any atom is 0.0979 e. The second-order valence-corrected chi connectivity index (χ2v) is 19.2. The zero-order chi connectivity index (χ0) is 48.0. The molecule has 0 aliphatic carbocycles. The molecule has 0 aliphatic rings. The van der Waals surface area contributed by atoms with Gasteiger partial charge in [-0.15, -0.1) is 0 Å². The molecule has 3 heteroatoms. The summed E-state index contributed by atoms with van der Waals surface area (Å²) in [5.41, 5.74) is 16.9. The van der Waals surface area contributed by atoms with Crippen LogP contribution in [0.1, 0.15) is 0 Å². The Labute approximate surface area is 421 Å². The molecule has 2 aromatic heterocycles. The van der Waals surface area contributed by atoms with Crippen molar-refractivity contribution in [2.45, 2.75) is 0 Å². The van der Waals surface area contributed by atoms with E-state index in [0.717, 1.165) is 44.3 Å². The first-order valence-corrected chi connectivity index (χ1v) is 25.1. The van der Waals surface area contributed by atoms with Crippen LogP contribution < -0.4 is 0 Å². The molecule has 0 unspecified atom stereocenters. The minimum Gasteiger partial charge on any atom is -0.309 e. The summed E-state index contributed by atoms with van der Waals surface area (Å²) in [4.78, 5) is 10.4. The van der Waals surface area contributed by atoms with Crippen molar-refractivity contribution in [3.8, 4) is 61.5 Å². The highest BCUT2D eigenvalue weighted by molar-refractivity contribution is 6.23. The first-order chi connectivity index (χ1) is 36.2. The maximum absolute atomic E-state index is 5.33. The Kier molecular flexibility index (Phi) is 9.26. The first-order valence-electron chi connectivity index (χ1n) is 25.1. The Morgan fingerprint density at radius 1 is 0.247 bits per heavy atom. The zero-order valence-electron chi connectivity index (χ0n) is 39.7. The molecule has 338 valence electrons. The van der Waals surface area contributed by atoms with Gasteiger partial charge in [0.05, 0.1) is 34.0 Å². The Hall–Kier alpha value is -9.70. The Bertz CT molecular complexity index is 4700. The van der Waals surface area contributed by atoms with E-state index in [1.54, 1.807) is 0 Å². The van der Waals surface area contributed by atoms with Gasteiger partial charge in [-0.25, -0.2) is 4.98 Å². The molecule has 0 amide bonds. The molecule has 0 atom stereocenters. The van der Waals surface area contributed by atoms with Gasteiger partial charge >= 0.3 is 0 Å². The molecule has 0 fully saturated rings. The number of fused-ring (bicyclic) bond motifs is 12. The molecule has 3 nitrogen and oxygen atoms in total. The molecular formula is C70H43N3. The fourth-order valence-electron chi connectivity index (χ4n) is 12.0. The van der Waals surface area contributed by atoms with Crippen LogP contribution in [0.4, 0.5) is 0 Å². The number of aromatic nitrogens is 3. The molecule has 0 radical (unpaired) electrons. The summed E-state index contributed by atoms with van der Waals surface area (Å²) < 4.78 is 2.38. The topological polar surface area (TPSA) is 30.7 Å². The Balaban J connectivity index is 0.822. The van der Waals surface area contributed by atoms with E-state index < -0.39 is 0 Å². The quantitative estimate of drug-likeness (QED) is 0.156. The molecule has 2 heterocycles. The van der Waals surface area contributed by atoms with Gasteiger partial charge in [-0.2, -0.15) is 0 Å². The normalized spacial score (nSPS) is 11.8. The standard InChI is InChI=1S/C70H43N3/c1-2-19-47(20-3-1)73-67-38-9-8-23-62(67)65-42-45(39-40-68(65)73)49-27-12-31-53-51(49)29-14-33-55(53)57-35-16-36-58-56(34-15-37-59(57)58)54-32-13-28-50-48(26-11-30-52(50)54)44-17-10-18-46(41-44)66-43-71-69-63-24-6-4-21-60(63)61-22-5-7-25-64(61)70(69)72-66/h1-43H. The van der Waals surface area contributed by atoms with Gasteiger partial charge in [0.25, 0.3) is 0 Å². The van der Waals surface area contributed by atoms with Crippen LogP contribution in [0.3, 0.4) is 0 Å². The third-order valence-electron chi connectivity index (χ3n) is 15.2. The van der Waals surface area contributed by atoms with Crippen LogP contribution in [-0.4, -0.2) is 14.5 Å². The van der Waals surface area contributed by atoms with Gasteiger partial charge in [0.15, 0.2) is 0 Å². The Morgan fingerprint density at radius 3 is 1.23 bits per heavy atom. The SMILES string of the molecule is c1ccc(-n2c3ccccc3c3cc(-c4cccc5c(-c6cccc7c(-c8cccc9c(-c%10cccc(-c%11cnc%12c%13ccccc%13c%13ccccc%13c%12n%11)c%10)cccc89)cccc67)cccc45)ccc32)cc1. The molecular weight excluding hydrogens is 883 g/mol. The summed E-state index contributed by atoms with van der Waals surface area (Å²) in [6, 6.07) is 92.9. The number of rotatable bonds is 6. The van der Waals surface area contributed by atoms with Crippen molar-refractivity contribution < 1.29 is 0 Å². The van der Waals surface area contributed by atoms with Gasteiger partial charge in [0.1, 0.15) is 0 Å². The van der Waals surface area contributed by atoms with Crippen LogP contribution in [0.15, 0.2) is 261 Å². The van der Waals surface area contributed by atoms with Crippen molar-refractivity contribution >= 4 is 86.7 Å². The van der Waals surface area contributed by atoms with E-state index >= 15 is 0 Å². The lowest BCUT2D eigenvalue weighted by molar-refractivity contribution is 1.18. The van der Waals surface area contributed by atoms with Crippen molar-refractivity contribution in [2.24, 2.45) is 0 Å². The number of nitrogens with zero attached hydrogens (tertiary/aromatic N) is 3. The van der Waals surface area contributed by atoms with Gasteiger partial charge in [-0.3, -0.25) is 4.98 Å². The number of hydrogen-bond acceptors (Lipinski definition) is 2. The van der Waals surface area contributed by atoms with E-state index in [2.05, 4.69) is 259 Å². The second-order valence-electron chi connectivity index (χ2n) is 19.2. The van der Waals surface area contributed by atoms with E-state index in [1.165, 1.54) is 104 Å². The van der Waals surface area contributed by atoms with Crippen molar-refractivity contribution in [3.63, 3.8) is 0 Å². The van der Waals surface area contributed by atoms with Crippen LogP contribution in [0.5, 0.6) is 0 Å². The summed E-state index contributed by atoms with van der Waals surface area (Å²) in [6.45, 7) is 0. The predicted octanol–water partition coefficient (Wildman–Crippen LogP) is 18.8. The lowest BCUT2D eigenvalue weighted by Gasteiger charge is -2.16. The molecule has 0 saturated carbocycles. The van der Waals surface area contributed by atoms with Crippen molar-refractivity contribution in [1.29, 1.82) is 0 Å². The van der Waals surface area contributed by atoms with Gasteiger partial charge < -0.3 is 4.57 Å². The van der Waals surface area contributed by atoms with E-state index in [9.17, 15) is 0 Å². The van der Waals surface area contributed by atoms with Crippen molar-refractivity contribution in [2.75, 3.05) is 0 Å². The molecule has 15 aromatic rings. The molecule has 0 spiro atoms. The van der Waals surface area contributed by atoms with Crippen LogP contribution in [0.25, 0.3) is 148 Å².